The van der Waals surface area contributed by atoms with Crippen molar-refractivity contribution in [3.05, 3.63) is 52.9 Å². The number of carboxylic acid groups (broad SMARTS) is 1. The number of amides is 2. The van der Waals surface area contributed by atoms with Crippen LogP contribution in [0.2, 0.25) is 0 Å². The maximum absolute atomic E-state index is 14.4. The summed E-state index contributed by atoms with van der Waals surface area (Å²) in [6.07, 6.45) is 0.557. The highest BCUT2D eigenvalue weighted by Gasteiger charge is 2.45. The molecule has 3 N–H and O–H groups in total. The SMILES string of the molecule is CN1C(=O)C(N2Cc3cn[nH]c3C2)C[C@H](NC(=O)O)[C@H]1c1cc(F)ccc1F. The predicted molar refractivity (Wildman–Crippen MR) is 93.1 cm³/mol. The van der Waals surface area contributed by atoms with Crippen molar-refractivity contribution in [2.75, 3.05) is 7.05 Å². The minimum Gasteiger partial charge on any atom is -0.465 e. The van der Waals surface area contributed by atoms with Gasteiger partial charge in [-0.05, 0) is 24.6 Å². The maximum Gasteiger partial charge on any atom is 0.404 e. The zero-order valence-corrected chi connectivity index (χ0v) is 15.0. The van der Waals surface area contributed by atoms with Crippen LogP contribution in [-0.2, 0) is 17.9 Å². The standard InChI is InChI=1S/C18H19F2N5O3/c1-24-16(11-4-10(19)2-3-12(11)20)13(22-18(27)28)5-15(17(24)26)25-7-9-6-21-23-14(9)8-25/h2-4,6,13,15-16,22H,5,7-8H2,1H3,(H,21,23)(H,27,28)/t13-,15?,16+/m0/s1. The van der Waals surface area contributed by atoms with Gasteiger partial charge in [-0.2, -0.15) is 5.10 Å². The van der Waals surface area contributed by atoms with Crippen LogP contribution < -0.4 is 5.32 Å². The number of aromatic amines is 1. The minimum atomic E-state index is -1.29. The number of hydrogen-bond donors (Lipinski definition) is 3. The lowest BCUT2D eigenvalue weighted by molar-refractivity contribution is -0.144. The van der Waals surface area contributed by atoms with Crippen molar-refractivity contribution in [1.29, 1.82) is 0 Å². The van der Waals surface area contributed by atoms with Crippen molar-refractivity contribution in [1.82, 2.24) is 25.3 Å². The van der Waals surface area contributed by atoms with Crippen molar-refractivity contribution < 1.29 is 23.5 Å². The lowest BCUT2D eigenvalue weighted by Gasteiger charge is -2.45. The molecule has 1 unspecified atom stereocenters. The smallest absolute Gasteiger partial charge is 0.404 e. The number of carbonyl (C=O) groups is 2. The van der Waals surface area contributed by atoms with Gasteiger partial charge in [0, 0.05) is 31.3 Å². The molecule has 0 bridgehead atoms. The van der Waals surface area contributed by atoms with Crippen molar-refractivity contribution in [3.63, 3.8) is 0 Å². The summed E-state index contributed by atoms with van der Waals surface area (Å²) in [5, 5.41) is 18.5. The zero-order chi connectivity index (χ0) is 20.0. The fourth-order valence-corrected chi connectivity index (χ4v) is 4.19. The molecule has 0 radical (unpaired) electrons. The van der Waals surface area contributed by atoms with Gasteiger partial charge < -0.3 is 15.3 Å². The summed E-state index contributed by atoms with van der Waals surface area (Å²) in [6.45, 7) is 0.993. The normalized spacial score (nSPS) is 25.0. The molecular formula is C18H19F2N5O3. The molecule has 2 aliphatic rings. The molecule has 0 saturated carbocycles. The first-order valence-electron chi connectivity index (χ1n) is 8.81. The van der Waals surface area contributed by atoms with Crippen molar-refractivity contribution in [2.24, 2.45) is 0 Å². The number of nitrogens with one attached hydrogen (secondary N) is 2. The number of hydrogen-bond acceptors (Lipinski definition) is 4. The average Bonchev–Trinajstić information content (AvgIpc) is 3.22. The molecule has 2 aromatic rings. The molecule has 3 atom stereocenters. The molecule has 1 aromatic heterocycles. The van der Waals surface area contributed by atoms with Gasteiger partial charge in [-0.3, -0.25) is 14.8 Å². The largest absolute Gasteiger partial charge is 0.465 e. The number of H-pyrrole nitrogens is 1. The Kier molecular flexibility index (Phi) is 4.50. The second kappa shape index (κ2) is 6.86. The number of halogens is 2. The van der Waals surface area contributed by atoms with Gasteiger partial charge in [-0.25, -0.2) is 13.6 Å². The Morgan fingerprint density at radius 1 is 1.36 bits per heavy atom. The van der Waals surface area contributed by atoms with Crippen LogP contribution in [0.15, 0.2) is 24.4 Å². The number of rotatable bonds is 3. The van der Waals surface area contributed by atoms with Gasteiger partial charge in [0.1, 0.15) is 11.6 Å². The van der Waals surface area contributed by atoms with E-state index < -0.39 is 35.9 Å². The topological polar surface area (TPSA) is 102 Å². The summed E-state index contributed by atoms with van der Waals surface area (Å²) >= 11 is 0. The molecule has 8 nitrogen and oxygen atoms in total. The molecule has 148 valence electrons. The molecule has 1 saturated heterocycles. The van der Waals surface area contributed by atoms with Crippen LogP contribution in [0, 0.1) is 11.6 Å². The summed E-state index contributed by atoms with van der Waals surface area (Å²) in [6, 6.07) is 0.643. The highest BCUT2D eigenvalue weighted by Crippen LogP contribution is 2.36. The molecule has 1 fully saturated rings. The third-order valence-electron chi connectivity index (χ3n) is 5.48. The van der Waals surface area contributed by atoms with E-state index in [1.165, 1.54) is 11.9 Å². The first-order chi connectivity index (χ1) is 13.3. The monoisotopic (exact) mass is 391 g/mol. The maximum atomic E-state index is 14.4. The number of piperidine rings is 1. The second-order valence-corrected chi connectivity index (χ2v) is 7.15. The third-order valence-corrected chi connectivity index (χ3v) is 5.48. The fraction of sp³-hybridized carbons (Fsp3) is 0.389. The molecule has 1 aromatic carbocycles. The van der Waals surface area contributed by atoms with Gasteiger partial charge in [0.05, 0.1) is 30.0 Å². The first-order valence-corrected chi connectivity index (χ1v) is 8.81. The number of benzene rings is 1. The molecule has 10 heteroatoms. The average molecular weight is 391 g/mol. The Balaban J connectivity index is 1.65. The molecule has 28 heavy (non-hydrogen) atoms. The summed E-state index contributed by atoms with van der Waals surface area (Å²) in [5.41, 5.74) is 1.84. The van der Waals surface area contributed by atoms with E-state index in [0.29, 0.717) is 13.1 Å². The molecule has 4 rings (SSSR count). The van der Waals surface area contributed by atoms with Crippen LogP contribution in [0.1, 0.15) is 29.3 Å². The summed E-state index contributed by atoms with van der Waals surface area (Å²) in [4.78, 5) is 27.6. The summed E-state index contributed by atoms with van der Waals surface area (Å²) in [5.74, 6) is -1.61. The van der Waals surface area contributed by atoms with Crippen LogP contribution in [0.4, 0.5) is 13.6 Å². The second-order valence-electron chi connectivity index (χ2n) is 7.15. The van der Waals surface area contributed by atoms with Crippen LogP contribution >= 0.6 is 0 Å². The number of fused-ring (bicyclic) bond motifs is 1. The molecule has 0 spiro atoms. The number of likely N-dealkylation sites (N-methyl/N-ethyl adjacent to an activating group) is 1. The zero-order valence-electron chi connectivity index (χ0n) is 15.0. The van der Waals surface area contributed by atoms with E-state index in [9.17, 15) is 23.5 Å². The predicted octanol–water partition coefficient (Wildman–Crippen LogP) is 1.61. The van der Waals surface area contributed by atoms with Crippen molar-refractivity contribution >= 4 is 12.0 Å². The highest BCUT2D eigenvalue weighted by atomic mass is 19.1. The fourth-order valence-electron chi connectivity index (χ4n) is 4.19. The highest BCUT2D eigenvalue weighted by molar-refractivity contribution is 5.84. The van der Waals surface area contributed by atoms with Crippen LogP contribution in [0.5, 0.6) is 0 Å². The summed E-state index contributed by atoms with van der Waals surface area (Å²) < 4.78 is 28.1. The molecule has 2 aliphatic heterocycles. The molecule has 3 heterocycles. The third kappa shape index (κ3) is 3.09. The van der Waals surface area contributed by atoms with Crippen LogP contribution in [-0.4, -0.2) is 56.2 Å². The van der Waals surface area contributed by atoms with Gasteiger partial charge in [0.25, 0.3) is 0 Å². The number of nitrogens with zero attached hydrogens (tertiary/aromatic N) is 3. The lowest BCUT2D eigenvalue weighted by atomic mass is 9.87. The van der Waals surface area contributed by atoms with Gasteiger partial charge >= 0.3 is 6.09 Å². The van der Waals surface area contributed by atoms with Gasteiger partial charge in [0.2, 0.25) is 5.91 Å². The van der Waals surface area contributed by atoms with Crippen LogP contribution in [0.25, 0.3) is 0 Å². The Bertz CT molecular complexity index is 913. The number of carbonyl (C=O) groups excluding carboxylic acids is 1. The van der Waals surface area contributed by atoms with Crippen LogP contribution in [0.3, 0.4) is 0 Å². The summed E-state index contributed by atoms with van der Waals surface area (Å²) in [7, 11) is 1.48. The Labute approximate surface area is 159 Å². The number of aromatic nitrogens is 2. The lowest BCUT2D eigenvalue weighted by Crippen LogP contribution is -2.59. The molecular weight excluding hydrogens is 372 g/mol. The molecule has 2 amide bonds. The first kappa shape index (κ1) is 18.4. The quantitative estimate of drug-likeness (QED) is 0.738. The van der Waals surface area contributed by atoms with Crippen molar-refractivity contribution in [2.45, 2.75) is 37.6 Å². The van der Waals surface area contributed by atoms with E-state index in [0.717, 1.165) is 29.5 Å². The van der Waals surface area contributed by atoms with E-state index in [4.69, 9.17) is 0 Å². The Morgan fingerprint density at radius 2 is 2.14 bits per heavy atom. The minimum absolute atomic E-state index is 0.0520. The Hall–Kier alpha value is -3.01. The van der Waals surface area contributed by atoms with E-state index in [-0.39, 0.29) is 17.9 Å². The van der Waals surface area contributed by atoms with Gasteiger partial charge in [-0.15, -0.1) is 0 Å². The molecule has 0 aliphatic carbocycles. The van der Waals surface area contributed by atoms with E-state index in [1.807, 2.05) is 4.90 Å². The number of likely N-dealkylation sites (tertiary alicyclic amines) is 1. The van der Waals surface area contributed by atoms with Gasteiger partial charge in [-0.1, -0.05) is 0 Å². The van der Waals surface area contributed by atoms with E-state index >= 15 is 0 Å². The Morgan fingerprint density at radius 3 is 2.86 bits per heavy atom. The van der Waals surface area contributed by atoms with Crippen molar-refractivity contribution in [3.8, 4) is 0 Å². The van der Waals surface area contributed by atoms with E-state index in [1.54, 1.807) is 6.20 Å². The van der Waals surface area contributed by atoms with E-state index in [2.05, 4.69) is 15.5 Å². The van der Waals surface area contributed by atoms with Gasteiger partial charge in [0.15, 0.2) is 0 Å².